The lowest BCUT2D eigenvalue weighted by molar-refractivity contribution is 0.0785. The second-order valence-electron chi connectivity index (χ2n) is 4.23. The maximum atomic E-state index is 12.1. The minimum absolute atomic E-state index is 0.175. The molecule has 0 spiro atoms. The maximum Gasteiger partial charge on any atom is 0.254 e. The molecular weight excluding hydrogens is 308 g/mol. The number of pyridine rings is 1. The van der Waals surface area contributed by atoms with Crippen LogP contribution in [0.25, 0.3) is 0 Å². The normalized spacial score (nSPS) is 10.2. The first-order valence-corrected chi connectivity index (χ1v) is 6.54. The van der Waals surface area contributed by atoms with Crippen molar-refractivity contribution in [1.29, 1.82) is 0 Å². The molecule has 2 aromatic rings. The molecule has 19 heavy (non-hydrogen) atoms. The van der Waals surface area contributed by atoms with Gasteiger partial charge < -0.3 is 9.88 Å². The molecule has 0 aliphatic heterocycles. The highest BCUT2D eigenvalue weighted by atomic mass is 79.9. The lowest BCUT2D eigenvalue weighted by Gasteiger charge is -2.17. The Morgan fingerprint density at radius 3 is 2.79 bits per heavy atom. The largest absolute Gasteiger partial charge is 0.337 e. The first-order chi connectivity index (χ1) is 9.06. The van der Waals surface area contributed by atoms with Crippen LogP contribution in [-0.4, -0.2) is 22.8 Å². The van der Waals surface area contributed by atoms with E-state index in [1.807, 2.05) is 24.3 Å². The van der Waals surface area contributed by atoms with E-state index in [1.54, 1.807) is 18.0 Å². The molecule has 0 saturated heterocycles. The van der Waals surface area contributed by atoms with E-state index >= 15 is 0 Å². The van der Waals surface area contributed by atoms with Crippen LogP contribution < -0.4 is 5.56 Å². The second kappa shape index (κ2) is 5.84. The number of aromatic amines is 1. The van der Waals surface area contributed by atoms with Crippen LogP contribution >= 0.6 is 15.9 Å². The number of nitrogens with zero attached hydrogens (tertiary/aromatic N) is 1. The summed E-state index contributed by atoms with van der Waals surface area (Å²) in [6, 6.07) is 10.7. The highest BCUT2D eigenvalue weighted by Crippen LogP contribution is 2.13. The summed E-state index contributed by atoms with van der Waals surface area (Å²) in [5.41, 5.74) is 1.14. The van der Waals surface area contributed by atoms with Crippen LogP contribution in [0.15, 0.2) is 51.9 Å². The number of hydrogen-bond donors (Lipinski definition) is 1. The third kappa shape index (κ3) is 3.54. The Kier molecular flexibility index (Phi) is 4.16. The van der Waals surface area contributed by atoms with E-state index in [0.717, 1.165) is 10.0 Å². The van der Waals surface area contributed by atoms with E-state index in [1.165, 1.54) is 12.3 Å². The molecule has 0 bridgehead atoms. The van der Waals surface area contributed by atoms with Gasteiger partial charge in [-0.2, -0.15) is 0 Å². The fourth-order valence-corrected chi connectivity index (χ4v) is 2.23. The van der Waals surface area contributed by atoms with Gasteiger partial charge in [-0.3, -0.25) is 9.59 Å². The van der Waals surface area contributed by atoms with Crippen molar-refractivity contribution < 1.29 is 4.79 Å². The Morgan fingerprint density at radius 1 is 1.32 bits per heavy atom. The van der Waals surface area contributed by atoms with Crippen LogP contribution in [0.2, 0.25) is 0 Å². The number of carbonyl (C=O) groups excluding carboxylic acids is 1. The zero-order valence-electron chi connectivity index (χ0n) is 10.4. The van der Waals surface area contributed by atoms with Crippen molar-refractivity contribution in [2.75, 3.05) is 7.05 Å². The highest BCUT2D eigenvalue weighted by Gasteiger charge is 2.12. The molecule has 0 fully saturated rings. The number of nitrogens with one attached hydrogen (secondary N) is 1. The van der Waals surface area contributed by atoms with Crippen molar-refractivity contribution in [1.82, 2.24) is 9.88 Å². The number of rotatable bonds is 3. The summed E-state index contributed by atoms with van der Waals surface area (Å²) in [5.74, 6) is -0.175. The summed E-state index contributed by atoms with van der Waals surface area (Å²) >= 11 is 3.39. The van der Waals surface area contributed by atoms with E-state index in [2.05, 4.69) is 20.9 Å². The van der Waals surface area contributed by atoms with E-state index < -0.39 is 0 Å². The van der Waals surface area contributed by atoms with Gasteiger partial charge in [0.15, 0.2) is 0 Å². The molecule has 98 valence electrons. The molecule has 5 heteroatoms. The van der Waals surface area contributed by atoms with Crippen LogP contribution in [0.1, 0.15) is 15.9 Å². The molecule has 0 saturated carbocycles. The number of amides is 1. The summed E-state index contributed by atoms with van der Waals surface area (Å²) in [7, 11) is 1.71. The predicted octanol–water partition coefficient (Wildman–Crippen LogP) is 2.41. The number of benzene rings is 1. The van der Waals surface area contributed by atoms with Crippen LogP contribution in [0.3, 0.4) is 0 Å². The minimum atomic E-state index is -0.276. The molecule has 0 unspecified atom stereocenters. The molecule has 0 aliphatic rings. The minimum Gasteiger partial charge on any atom is -0.337 e. The van der Waals surface area contributed by atoms with Crippen molar-refractivity contribution >= 4 is 21.8 Å². The smallest absolute Gasteiger partial charge is 0.254 e. The molecule has 1 amide bonds. The summed E-state index contributed by atoms with van der Waals surface area (Å²) in [6.45, 7) is 0.491. The Balaban J connectivity index is 2.14. The highest BCUT2D eigenvalue weighted by molar-refractivity contribution is 9.10. The molecule has 1 aromatic heterocycles. The molecule has 0 radical (unpaired) electrons. The Labute approximate surface area is 119 Å². The lowest BCUT2D eigenvalue weighted by atomic mass is 10.2. The van der Waals surface area contributed by atoms with Gasteiger partial charge in [0.2, 0.25) is 5.56 Å². The molecular formula is C14H13BrN2O2. The summed E-state index contributed by atoms with van der Waals surface area (Å²) < 4.78 is 0.974. The van der Waals surface area contributed by atoms with Crippen LogP contribution in [0.5, 0.6) is 0 Å². The third-order valence-electron chi connectivity index (χ3n) is 2.68. The van der Waals surface area contributed by atoms with Crippen molar-refractivity contribution in [2.45, 2.75) is 6.54 Å². The van der Waals surface area contributed by atoms with Crippen molar-refractivity contribution in [3.05, 3.63) is 68.5 Å². The average molecular weight is 321 g/mol. The standard InChI is InChI=1S/C14H13BrN2O2/c1-17(9-10-3-2-4-12(15)7-10)14(19)11-5-6-16-13(18)8-11/h2-8H,9H2,1H3,(H,16,18). The average Bonchev–Trinajstić information content (AvgIpc) is 2.38. The van der Waals surface area contributed by atoms with Crippen molar-refractivity contribution in [3.8, 4) is 0 Å². The summed E-state index contributed by atoms with van der Waals surface area (Å²) in [4.78, 5) is 27.4. The van der Waals surface area contributed by atoms with Gasteiger partial charge in [0, 0.05) is 35.9 Å². The van der Waals surface area contributed by atoms with Gasteiger partial charge in [-0.15, -0.1) is 0 Å². The van der Waals surface area contributed by atoms with Gasteiger partial charge in [0.25, 0.3) is 5.91 Å². The van der Waals surface area contributed by atoms with Crippen molar-refractivity contribution in [2.24, 2.45) is 0 Å². The first kappa shape index (κ1) is 13.5. The van der Waals surface area contributed by atoms with E-state index in [0.29, 0.717) is 12.1 Å². The number of H-pyrrole nitrogens is 1. The number of halogens is 1. The zero-order valence-corrected chi connectivity index (χ0v) is 12.0. The van der Waals surface area contributed by atoms with Gasteiger partial charge >= 0.3 is 0 Å². The summed E-state index contributed by atoms with van der Waals surface area (Å²) in [5, 5.41) is 0. The maximum absolute atomic E-state index is 12.1. The van der Waals surface area contributed by atoms with E-state index in [9.17, 15) is 9.59 Å². The van der Waals surface area contributed by atoms with E-state index in [-0.39, 0.29) is 11.5 Å². The molecule has 1 aromatic carbocycles. The summed E-state index contributed by atoms with van der Waals surface area (Å²) in [6.07, 6.45) is 1.47. The Bertz CT molecular complexity index is 652. The van der Waals surface area contributed by atoms with Gasteiger partial charge in [0.05, 0.1) is 0 Å². The molecule has 1 heterocycles. The SMILES string of the molecule is CN(Cc1cccc(Br)c1)C(=O)c1cc[nH]c(=O)c1. The van der Waals surface area contributed by atoms with Gasteiger partial charge in [-0.1, -0.05) is 28.1 Å². The Hall–Kier alpha value is -1.88. The van der Waals surface area contributed by atoms with Crippen molar-refractivity contribution in [3.63, 3.8) is 0 Å². The lowest BCUT2D eigenvalue weighted by Crippen LogP contribution is -2.27. The molecule has 0 atom stereocenters. The van der Waals surface area contributed by atoms with Gasteiger partial charge in [-0.25, -0.2) is 0 Å². The Morgan fingerprint density at radius 2 is 2.11 bits per heavy atom. The topological polar surface area (TPSA) is 53.2 Å². The van der Waals surface area contributed by atoms with Crippen LogP contribution in [-0.2, 0) is 6.54 Å². The monoisotopic (exact) mass is 320 g/mol. The number of aromatic nitrogens is 1. The van der Waals surface area contributed by atoms with Crippen LogP contribution in [0, 0.1) is 0 Å². The third-order valence-corrected chi connectivity index (χ3v) is 3.17. The quantitative estimate of drug-likeness (QED) is 0.944. The number of carbonyl (C=O) groups is 1. The second-order valence-corrected chi connectivity index (χ2v) is 5.15. The first-order valence-electron chi connectivity index (χ1n) is 5.75. The van der Waals surface area contributed by atoms with Gasteiger partial charge in [-0.05, 0) is 23.8 Å². The molecule has 2 rings (SSSR count). The molecule has 1 N–H and O–H groups in total. The number of hydrogen-bond acceptors (Lipinski definition) is 2. The van der Waals surface area contributed by atoms with Gasteiger partial charge in [0.1, 0.15) is 0 Å². The molecule has 4 nitrogen and oxygen atoms in total. The fourth-order valence-electron chi connectivity index (χ4n) is 1.78. The fraction of sp³-hybridized carbons (Fsp3) is 0.143. The van der Waals surface area contributed by atoms with E-state index in [4.69, 9.17) is 0 Å². The predicted molar refractivity (Wildman–Crippen MR) is 77.0 cm³/mol. The zero-order chi connectivity index (χ0) is 13.8. The molecule has 0 aliphatic carbocycles. The van der Waals surface area contributed by atoms with Crippen LogP contribution in [0.4, 0.5) is 0 Å².